The Morgan fingerprint density at radius 1 is 1.50 bits per heavy atom. The van der Waals surface area contributed by atoms with Crippen LogP contribution in [0.4, 0.5) is 0 Å². The number of rotatable bonds is 5. The molecule has 3 N–H and O–H groups in total. The first kappa shape index (κ1) is 14.3. The average Bonchev–Trinajstić information content (AvgIpc) is 2.34. The standard InChI is InChI=1S/C11H10ClNO5/c12-6-1-2-7(11(17)8(14)4-13)9(3-6)18-5-10(15)16/h1-3,8,11,14,17H,5H2,(H,15,16). The van der Waals surface area contributed by atoms with Crippen molar-refractivity contribution in [1.82, 2.24) is 0 Å². The molecule has 0 aliphatic heterocycles. The third kappa shape index (κ3) is 3.60. The first-order valence-corrected chi connectivity index (χ1v) is 5.23. The van der Waals surface area contributed by atoms with Crippen LogP contribution in [0.25, 0.3) is 0 Å². The van der Waals surface area contributed by atoms with Gasteiger partial charge in [-0.25, -0.2) is 4.79 Å². The third-order valence-electron chi connectivity index (χ3n) is 2.08. The van der Waals surface area contributed by atoms with Crippen LogP contribution in [0.1, 0.15) is 11.7 Å². The topological polar surface area (TPSA) is 111 Å². The van der Waals surface area contributed by atoms with Gasteiger partial charge in [-0.05, 0) is 12.1 Å². The minimum Gasteiger partial charge on any atom is -0.481 e. The number of hydrogen-bond donors (Lipinski definition) is 3. The summed E-state index contributed by atoms with van der Waals surface area (Å²) < 4.78 is 4.93. The number of nitriles is 1. The van der Waals surface area contributed by atoms with E-state index < -0.39 is 24.8 Å². The van der Waals surface area contributed by atoms with E-state index in [9.17, 15) is 15.0 Å². The highest BCUT2D eigenvalue weighted by Crippen LogP contribution is 2.30. The second-order valence-electron chi connectivity index (χ2n) is 3.38. The van der Waals surface area contributed by atoms with Gasteiger partial charge in [0.15, 0.2) is 12.7 Å². The van der Waals surface area contributed by atoms with Crippen LogP contribution >= 0.6 is 11.6 Å². The molecule has 0 aliphatic rings. The summed E-state index contributed by atoms with van der Waals surface area (Å²) in [5.74, 6) is -1.19. The van der Waals surface area contributed by atoms with Gasteiger partial charge in [0, 0.05) is 10.6 Å². The van der Waals surface area contributed by atoms with Gasteiger partial charge in [0.05, 0.1) is 6.07 Å². The average molecular weight is 272 g/mol. The SMILES string of the molecule is N#CC(O)C(O)c1ccc(Cl)cc1OCC(=O)O. The van der Waals surface area contributed by atoms with Crippen molar-refractivity contribution in [3.05, 3.63) is 28.8 Å². The zero-order chi connectivity index (χ0) is 13.7. The van der Waals surface area contributed by atoms with Gasteiger partial charge in [-0.1, -0.05) is 17.7 Å². The van der Waals surface area contributed by atoms with Crippen LogP contribution in [0, 0.1) is 11.3 Å². The van der Waals surface area contributed by atoms with E-state index >= 15 is 0 Å². The quantitative estimate of drug-likeness (QED) is 0.681. The summed E-state index contributed by atoms with van der Waals surface area (Å²) in [4.78, 5) is 10.4. The van der Waals surface area contributed by atoms with Crippen molar-refractivity contribution in [2.45, 2.75) is 12.2 Å². The Kier molecular flexibility index (Phi) is 4.92. The van der Waals surface area contributed by atoms with Gasteiger partial charge >= 0.3 is 5.97 Å². The number of ether oxygens (including phenoxy) is 1. The molecule has 0 heterocycles. The summed E-state index contributed by atoms with van der Waals surface area (Å²) in [6.07, 6.45) is -3.14. The van der Waals surface area contributed by atoms with Crippen molar-refractivity contribution >= 4 is 17.6 Å². The van der Waals surface area contributed by atoms with Gasteiger partial charge in [-0.3, -0.25) is 0 Å². The fraction of sp³-hybridized carbons (Fsp3) is 0.273. The molecule has 96 valence electrons. The summed E-state index contributed by atoms with van der Waals surface area (Å²) in [6, 6.07) is 5.55. The Morgan fingerprint density at radius 3 is 2.72 bits per heavy atom. The molecule has 7 heteroatoms. The number of carboxylic acid groups (broad SMARTS) is 1. The van der Waals surface area contributed by atoms with Crippen molar-refractivity contribution < 1.29 is 24.9 Å². The molecule has 0 amide bonds. The normalized spacial score (nSPS) is 13.4. The smallest absolute Gasteiger partial charge is 0.341 e. The van der Waals surface area contributed by atoms with Crippen molar-refractivity contribution in [2.75, 3.05) is 6.61 Å². The Balaban J connectivity index is 3.03. The first-order chi connectivity index (χ1) is 8.45. The van der Waals surface area contributed by atoms with E-state index in [1.165, 1.54) is 24.3 Å². The Hall–Kier alpha value is -1.81. The molecule has 0 aliphatic carbocycles. The van der Waals surface area contributed by atoms with E-state index in [4.69, 9.17) is 26.7 Å². The molecule has 0 bridgehead atoms. The van der Waals surface area contributed by atoms with Gasteiger partial charge in [-0.2, -0.15) is 5.26 Å². The fourth-order valence-corrected chi connectivity index (χ4v) is 1.42. The molecule has 18 heavy (non-hydrogen) atoms. The van der Waals surface area contributed by atoms with Crippen molar-refractivity contribution in [1.29, 1.82) is 5.26 Å². The van der Waals surface area contributed by atoms with Gasteiger partial charge in [0.2, 0.25) is 0 Å². The third-order valence-corrected chi connectivity index (χ3v) is 2.31. The number of hydrogen-bond acceptors (Lipinski definition) is 5. The molecular formula is C11H10ClNO5. The highest BCUT2D eigenvalue weighted by Gasteiger charge is 2.22. The number of aliphatic carboxylic acids is 1. The number of carboxylic acids is 1. The van der Waals surface area contributed by atoms with Crippen LogP contribution in [0.5, 0.6) is 5.75 Å². The van der Waals surface area contributed by atoms with E-state index in [1.54, 1.807) is 0 Å². The van der Waals surface area contributed by atoms with E-state index in [0.29, 0.717) is 0 Å². The second-order valence-corrected chi connectivity index (χ2v) is 3.82. The summed E-state index contributed by atoms with van der Waals surface area (Å²) in [7, 11) is 0. The number of aliphatic hydroxyl groups excluding tert-OH is 2. The summed E-state index contributed by atoms with van der Waals surface area (Å²) in [5.41, 5.74) is 0.0923. The number of carbonyl (C=O) groups is 1. The maximum absolute atomic E-state index is 10.4. The monoisotopic (exact) mass is 271 g/mol. The summed E-state index contributed by atoms with van der Waals surface area (Å²) >= 11 is 5.71. The lowest BCUT2D eigenvalue weighted by Gasteiger charge is -2.16. The van der Waals surface area contributed by atoms with E-state index in [0.717, 1.165) is 0 Å². The van der Waals surface area contributed by atoms with Crippen LogP contribution in [0.3, 0.4) is 0 Å². The van der Waals surface area contributed by atoms with Gasteiger partial charge < -0.3 is 20.1 Å². The molecule has 6 nitrogen and oxygen atoms in total. The largest absolute Gasteiger partial charge is 0.481 e. The number of aliphatic hydroxyl groups is 2. The molecule has 0 spiro atoms. The molecule has 0 saturated heterocycles. The molecule has 1 aromatic rings. The number of benzene rings is 1. The lowest BCUT2D eigenvalue weighted by Crippen LogP contribution is -2.18. The van der Waals surface area contributed by atoms with E-state index in [2.05, 4.69) is 0 Å². The Bertz CT molecular complexity index is 485. The van der Waals surface area contributed by atoms with Crippen LogP contribution in [0.15, 0.2) is 18.2 Å². The second kappa shape index (κ2) is 6.21. The zero-order valence-electron chi connectivity index (χ0n) is 9.08. The number of nitrogens with zero attached hydrogens (tertiary/aromatic N) is 1. The predicted octanol–water partition coefficient (Wildman–Crippen LogP) is 0.721. The van der Waals surface area contributed by atoms with Gasteiger partial charge in [0.25, 0.3) is 0 Å². The number of halogens is 1. The van der Waals surface area contributed by atoms with Crippen LogP contribution in [-0.4, -0.2) is 34.0 Å². The molecule has 0 fully saturated rings. The minimum atomic E-state index is -1.64. The zero-order valence-corrected chi connectivity index (χ0v) is 9.83. The summed E-state index contributed by atoms with van der Waals surface area (Å²) in [6.45, 7) is -0.622. The Morgan fingerprint density at radius 2 is 2.17 bits per heavy atom. The maximum atomic E-state index is 10.4. The van der Waals surface area contributed by atoms with Crippen LogP contribution < -0.4 is 4.74 Å². The molecule has 2 atom stereocenters. The minimum absolute atomic E-state index is 0.00620. The summed E-state index contributed by atoms with van der Waals surface area (Å²) in [5, 5.41) is 36.2. The van der Waals surface area contributed by atoms with Gasteiger partial charge in [-0.15, -0.1) is 0 Å². The van der Waals surface area contributed by atoms with Gasteiger partial charge in [0.1, 0.15) is 11.9 Å². The van der Waals surface area contributed by atoms with Crippen molar-refractivity contribution in [3.8, 4) is 11.8 Å². The van der Waals surface area contributed by atoms with Crippen LogP contribution in [0.2, 0.25) is 5.02 Å². The van der Waals surface area contributed by atoms with Crippen molar-refractivity contribution in [2.24, 2.45) is 0 Å². The molecule has 2 unspecified atom stereocenters. The molecule has 1 rings (SSSR count). The maximum Gasteiger partial charge on any atom is 0.341 e. The Labute approximate surface area is 108 Å². The van der Waals surface area contributed by atoms with E-state index in [1.807, 2.05) is 0 Å². The van der Waals surface area contributed by atoms with E-state index in [-0.39, 0.29) is 16.3 Å². The fourth-order valence-electron chi connectivity index (χ4n) is 1.26. The highest BCUT2D eigenvalue weighted by atomic mass is 35.5. The molecule has 0 aromatic heterocycles. The van der Waals surface area contributed by atoms with Crippen molar-refractivity contribution in [3.63, 3.8) is 0 Å². The highest BCUT2D eigenvalue weighted by molar-refractivity contribution is 6.30. The lowest BCUT2D eigenvalue weighted by atomic mass is 10.0. The molecule has 0 saturated carbocycles. The lowest BCUT2D eigenvalue weighted by molar-refractivity contribution is -0.139. The molecular weight excluding hydrogens is 262 g/mol. The molecule has 1 aromatic carbocycles. The first-order valence-electron chi connectivity index (χ1n) is 4.85. The molecule has 0 radical (unpaired) electrons. The van der Waals surface area contributed by atoms with Crippen LogP contribution in [-0.2, 0) is 4.79 Å². The predicted molar refractivity (Wildman–Crippen MR) is 61.2 cm³/mol.